The van der Waals surface area contributed by atoms with Gasteiger partial charge in [-0.15, -0.1) is 0 Å². The van der Waals surface area contributed by atoms with Crippen molar-refractivity contribution in [2.75, 3.05) is 13.7 Å². The number of nitrogens with one attached hydrogen (secondary N) is 1. The van der Waals surface area contributed by atoms with Gasteiger partial charge in [0.05, 0.1) is 12.8 Å². The summed E-state index contributed by atoms with van der Waals surface area (Å²) in [6, 6.07) is 12.6. The summed E-state index contributed by atoms with van der Waals surface area (Å²) in [5.74, 6) is 0.232. The Morgan fingerprint density at radius 1 is 1.16 bits per heavy atom. The van der Waals surface area contributed by atoms with Crippen LogP contribution in [-0.2, 0) is 22.6 Å². The van der Waals surface area contributed by atoms with Crippen LogP contribution in [0, 0.1) is 0 Å². The molecule has 1 aliphatic rings. The van der Waals surface area contributed by atoms with Gasteiger partial charge >= 0.3 is 5.97 Å². The normalized spacial score (nSPS) is 13.2. The van der Waals surface area contributed by atoms with Crippen LogP contribution in [0.15, 0.2) is 48.5 Å². The number of methoxy groups -OCH3 is 1. The zero-order chi connectivity index (χ0) is 22.7. The predicted octanol–water partition coefficient (Wildman–Crippen LogP) is 4.26. The van der Waals surface area contributed by atoms with E-state index >= 15 is 0 Å². The zero-order valence-electron chi connectivity index (χ0n) is 17.7. The molecule has 4 rings (SSSR count). The Bertz CT molecular complexity index is 1180. The molecule has 7 nitrogen and oxygen atoms in total. The van der Waals surface area contributed by atoms with Crippen molar-refractivity contribution in [3.63, 3.8) is 0 Å². The SMILES string of the molecule is COc1cc(/C=C/C(=O)N2CCc3[nH]nc(-c4ccc(Cl)cc4)c3C2)ccc1OC(C)=O. The fourth-order valence-corrected chi connectivity index (χ4v) is 3.76. The predicted molar refractivity (Wildman–Crippen MR) is 121 cm³/mol. The van der Waals surface area contributed by atoms with E-state index < -0.39 is 5.97 Å². The van der Waals surface area contributed by atoms with Crippen molar-refractivity contribution in [1.82, 2.24) is 15.1 Å². The van der Waals surface area contributed by atoms with E-state index in [1.54, 1.807) is 29.2 Å². The summed E-state index contributed by atoms with van der Waals surface area (Å²) in [5, 5.41) is 8.22. The topological polar surface area (TPSA) is 84.5 Å². The molecular formula is C24H22ClN3O4. The number of ether oxygens (including phenoxy) is 2. The highest BCUT2D eigenvalue weighted by Gasteiger charge is 2.24. The lowest BCUT2D eigenvalue weighted by Crippen LogP contribution is -2.34. The summed E-state index contributed by atoms with van der Waals surface area (Å²) in [4.78, 5) is 25.8. The highest BCUT2D eigenvalue weighted by molar-refractivity contribution is 6.30. The maximum absolute atomic E-state index is 12.9. The number of amides is 1. The highest BCUT2D eigenvalue weighted by Crippen LogP contribution is 2.30. The van der Waals surface area contributed by atoms with E-state index in [2.05, 4.69) is 10.2 Å². The summed E-state index contributed by atoms with van der Waals surface area (Å²) in [7, 11) is 1.50. The van der Waals surface area contributed by atoms with Crippen molar-refractivity contribution in [1.29, 1.82) is 0 Å². The molecular weight excluding hydrogens is 430 g/mol. The Balaban J connectivity index is 1.49. The van der Waals surface area contributed by atoms with Gasteiger partial charge in [-0.05, 0) is 35.9 Å². The van der Waals surface area contributed by atoms with Crippen molar-refractivity contribution in [2.24, 2.45) is 0 Å². The van der Waals surface area contributed by atoms with E-state index in [0.29, 0.717) is 36.0 Å². The van der Waals surface area contributed by atoms with Crippen molar-refractivity contribution in [3.05, 3.63) is 70.4 Å². The molecule has 0 fully saturated rings. The van der Waals surface area contributed by atoms with Crippen LogP contribution in [0.3, 0.4) is 0 Å². The summed E-state index contributed by atoms with van der Waals surface area (Å²) in [6.45, 7) is 2.41. The fourth-order valence-electron chi connectivity index (χ4n) is 3.63. The number of benzene rings is 2. The van der Waals surface area contributed by atoms with Gasteiger partial charge in [0.25, 0.3) is 0 Å². The van der Waals surface area contributed by atoms with Gasteiger partial charge in [-0.25, -0.2) is 0 Å². The number of hydrogen-bond donors (Lipinski definition) is 1. The average Bonchev–Trinajstić information content (AvgIpc) is 3.21. The number of rotatable bonds is 5. The number of aromatic amines is 1. The van der Waals surface area contributed by atoms with Crippen LogP contribution in [0.1, 0.15) is 23.7 Å². The summed E-state index contributed by atoms with van der Waals surface area (Å²) >= 11 is 6.00. The number of esters is 1. The number of aromatic nitrogens is 2. The van der Waals surface area contributed by atoms with Gasteiger partial charge in [0.15, 0.2) is 11.5 Å². The van der Waals surface area contributed by atoms with Gasteiger partial charge in [-0.2, -0.15) is 5.10 Å². The Kier molecular flexibility index (Phi) is 6.28. The number of carbonyl (C=O) groups excluding carboxylic acids is 2. The van der Waals surface area contributed by atoms with Crippen LogP contribution in [-0.4, -0.2) is 40.6 Å². The molecule has 1 amide bonds. The van der Waals surface area contributed by atoms with Crippen molar-refractivity contribution in [2.45, 2.75) is 19.9 Å². The molecule has 0 saturated heterocycles. The van der Waals surface area contributed by atoms with E-state index in [0.717, 1.165) is 28.1 Å². The molecule has 3 aromatic rings. The van der Waals surface area contributed by atoms with Gasteiger partial charge in [-0.3, -0.25) is 14.7 Å². The summed E-state index contributed by atoms with van der Waals surface area (Å²) < 4.78 is 10.4. The van der Waals surface area contributed by atoms with Gasteiger partial charge in [0.1, 0.15) is 0 Å². The monoisotopic (exact) mass is 451 g/mol. The van der Waals surface area contributed by atoms with E-state index in [4.69, 9.17) is 21.1 Å². The number of nitrogens with zero attached hydrogens (tertiary/aromatic N) is 2. The standard InChI is InChI=1S/C24H22ClN3O4/c1-15(29)32-21-9-3-16(13-22(21)31-2)4-10-23(30)28-12-11-20-19(14-28)24(27-26-20)17-5-7-18(25)8-6-17/h3-10,13H,11-12,14H2,1-2H3,(H,26,27)/b10-4+. The van der Waals surface area contributed by atoms with Crippen LogP contribution in [0.4, 0.5) is 0 Å². The second kappa shape index (κ2) is 9.28. The van der Waals surface area contributed by atoms with Crippen molar-refractivity contribution < 1.29 is 19.1 Å². The van der Waals surface area contributed by atoms with Crippen LogP contribution in [0.25, 0.3) is 17.3 Å². The summed E-state index contributed by atoms with van der Waals surface area (Å²) in [6.07, 6.45) is 3.96. The number of halogens is 1. The molecule has 32 heavy (non-hydrogen) atoms. The molecule has 0 bridgehead atoms. The molecule has 2 aromatic carbocycles. The van der Waals surface area contributed by atoms with Crippen LogP contribution < -0.4 is 9.47 Å². The molecule has 0 unspecified atom stereocenters. The lowest BCUT2D eigenvalue weighted by molar-refractivity contribution is -0.132. The lowest BCUT2D eigenvalue weighted by Gasteiger charge is -2.26. The quantitative estimate of drug-likeness (QED) is 0.356. The van der Waals surface area contributed by atoms with Crippen LogP contribution >= 0.6 is 11.6 Å². The first kappa shape index (κ1) is 21.6. The summed E-state index contributed by atoms with van der Waals surface area (Å²) in [5.41, 5.74) is 4.62. The molecule has 0 atom stereocenters. The zero-order valence-corrected chi connectivity index (χ0v) is 18.5. The number of carbonyl (C=O) groups is 2. The maximum Gasteiger partial charge on any atom is 0.308 e. The molecule has 1 aliphatic heterocycles. The Morgan fingerprint density at radius 2 is 1.94 bits per heavy atom. The Hall–Kier alpha value is -3.58. The average molecular weight is 452 g/mol. The van der Waals surface area contributed by atoms with E-state index in [9.17, 15) is 9.59 Å². The molecule has 0 aliphatic carbocycles. The number of hydrogen-bond acceptors (Lipinski definition) is 5. The van der Waals surface area contributed by atoms with Gasteiger partial charge in [0, 0.05) is 54.4 Å². The molecule has 1 N–H and O–H groups in total. The minimum atomic E-state index is -0.427. The van der Waals surface area contributed by atoms with Crippen LogP contribution in [0.2, 0.25) is 5.02 Å². The fraction of sp³-hybridized carbons (Fsp3) is 0.208. The molecule has 8 heteroatoms. The lowest BCUT2D eigenvalue weighted by atomic mass is 10.0. The van der Waals surface area contributed by atoms with Gasteiger partial charge in [-0.1, -0.05) is 29.8 Å². The highest BCUT2D eigenvalue weighted by atomic mass is 35.5. The second-order valence-electron chi connectivity index (χ2n) is 7.38. The largest absolute Gasteiger partial charge is 0.493 e. The first-order valence-corrected chi connectivity index (χ1v) is 10.5. The smallest absolute Gasteiger partial charge is 0.308 e. The first-order chi connectivity index (χ1) is 15.4. The molecule has 0 spiro atoms. The Morgan fingerprint density at radius 3 is 2.66 bits per heavy atom. The minimum absolute atomic E-state index is 0.0954. The number of fused-ring (bicyclic) bond motifs is 1. The third-order valence-corrected chi connectivity index (χ3v) is 5.47. The first-order valence-electron chi connectivity index (χ1n) is 10.1. The second-order valence-corrected chi connectivity index (χ2v) is 7.82. The van der Waals surface area contributed by atoms with E-state index in [-0.39, 0.29) is 5.91 Å². The van der Waals surface area contributed by atoms with E-state index in [1.165, 1.54) is 20.1 Å². The maximum atomic E-state index is 12.9. The number of H-pyrrole nitrogens is 1. The molecule has 164 valence electrons. The third kappa shape index (κ3) is 4.68. The molecule has 0 saturated carbocycles. The molecule has 1 aromatic heterocycles. The van der Waals surface area contributed by atoms with Gasteiger partial charge < -0.3 is 14.4 Å². The van der Waals surface area contributed by atoms with E-state index in [1.807, 2.05) is 24.3 Å². The van der Waals surface area contributed by atoms with Crippen molar-refractivity contribution in [3.8, 4) is 22.8 Å². The minimum Gasteiger partial charge on any atom is -0.493 e. The van der Waals surface area contributed by atoms with Crippen LogP contribution in [0.5, 0.6) is 11.5 Å². The third-order valence-electron chi connectivity index (χ3n) is 5.22. The molecule has 2 heterocycles. The molecule has 0 radical (unpaired) electrons. The Labute approximate surface area is 190 Å². The van der Waals surface area contributed by atoms with Gasteiger partial charge in [0.2, 0.25) is 5.91 Å². The van der Waals surface area contributed by atoms with Crippen molar-refractivity contribution >= 4 is 29.6 Å².